The van der Waals surface area contributed by atoms with Gasteiger partial charge in [-0.05, 0) is 12.1 Å². The molecule has 0 aliphatic heterocycles. The van der Waals surface area contributed by atoms with Crippen molar-refractivity contribution in [3.63, 3.8) is 0 Å². The third-order valence-corrected chi connectivity index (χ3v) is 1.80. The Morgan fingerprint density at radius 1 is 1.62 bits per heavy atom. The number of methoxy groups -OCH3 is 1. The van der Waals surface area contributed by atoms with Crippen LogP contribution in [0.4, 0.5) is 5.69 Å². The zero-order chi connectivity index (χ0) is 10.0. The molecule has 0 bridgehead atoms. The lowest BCUT2D eigenvalue weighted by Crippen LogP contribution is -2.00. The SMILES string of the molecule is COc1c(N)cc(C(=O)O)cc1Cl. The van der Waals surface area contributed by atoms with Crippen LogP contribution in [0.1, 0.15) is 10.4 Å². The van der Waals surface area contributed by atoms with Crippen LogP contribution in [0.2, 0.25) is 5.02 Å². The molecule has 1 aromatic carbocycles. The quantitative estimate of drug-likeness (QED) is 0.714. The predicted molar refractivity (Wildman–Crippen MR) is 49.4 cm³/mol. The molecule has 0 aliphatic carbocycles. The van der Waals surface area contributed by atoms with Crippen LogP contribution in [-0.4, -0.2) is 18.2 Å². The number of carboxylic acid groups (broad SMARTS) is 1. The fraction of sp³-hybridized carbons (Fsp3) is 0.125. The van der Waals surface area contributed by atoms with E-state index in [1.54, 1.807) is 0 Å². The highest BCUT2D eigenvalue weighted by atomic mass is 35.5. The average molecular weight is 202 g/mol. The number of carboxylic acids is 1. The van der Waals surface area contributed by atoms with Crippen molar-refractivity contribution in [2.24, 2.45) is 0 Å². The number of rotatable bonds is 2. The van der Waals surface area contributed by atoms with E-state index < -0.39 is 5.97 Å². The zero-order valence-electron chi connectivity index (χ0n) is 6.87. The minimum atomic E-state index is -1.07. The molecule has 1 rings (SSSR count). The van der Waals surface area contributed by atoms with Crippen LogP contribution in [0.3, 0.4) is 0 Å². The van der Waals surface area contributed by atoms with E-state index in [0.29, 0.717) is 5.75 Å². The number of ether oxygens (including phenoxy) is 1. The summed E-state index contributed by atoms with van der Waals surface area (Å²) in [5.74, 6) is -0.775. The maximum atomic E-state index is 10.5. The lowest BCUT2D eigenvalue weighted by Gasteiger charge is -2.07. The van der Waals surface area contributed by atoms with E-state index in [4.69, 9.17) is 27.2 Å². The summed E-state index contributed by atoms with van der Waals surface area (Å²) in [6, 6.07) is 2.59. The van der Waals surface area contributed by atoms with E-state index in [1.807, 2.05) is 0 Å². The van der Waals surface area contributed by atoms with Gasteiger partial charge in [0.15, 0.2) is 5.75 Å². The van der Waals surface area contributed by atoms with Gasteiger partial charge in [-0.2, -0.15) is 0 Å². The fourth-order valence-corrected chi connectivity index (χ4v) is 1.26. The Bertz CT molecular complexity index is 328. The number of aromatic carboxylic acids is 1. The first-order valence-corrected chi connectivity index (χ1v) is 3.80. The van der Waals surface area contributed by atoms with Gasteiger partial charge in [-0.15, -0.1) is 0 Å². The van der Waals surface area contributed by atoms with Crippen molar-refractivity contribution in [1.29, 1.82) is 0 Å². The van der Waals surface area contributed by atoms with E-state index in [0.717, 1.165) is 0 Å². The minimum Gasteiger partial charge on any atom is -0.493 e. The molecule has 0 heterocycles. The third-order valence-electron chi connectivity index (χ3n) is 1.52. The number of hydrogen-bond donors (Lipinski definition) is 2. The van der Waals surface area contributed by atoms with Crippen LogP contribution in [0.15, 0.2) is 12.1 Å². The van der Waals surface area contributed by atoms with Crippen molar-refractivity contribution in [2.75, 3.05) is 12.8 Å². The van der Waals surface area contributed by atoms with Gasteiger partial charge in [0.2, 0.25) is 0 Å². The van der Waals surface area contributed by atoms with Crippen LogP contribution in [0, 0.1) is 0 Å². The summed E-state index contributed by atoms with van der Waals surface area (Å²) in [4.78, 5) is 10.5. The molecule has 0 fully saturated rings. The van der Waals surface area contributed by atoms with Crippen LogP contribution < -0.4 is 10.5 Å². The Labute approximate surface area is 79.9 Å². The smallest absolute Gasteiger partial charge is 0.335 e. The standard InChI is InChI=1S/C8H8ClNO3/c1-13-7-5(9)2-4(8(11)12)3-6(7)10/h2-3H,10H2,1H3,(H,11,12). The number of anilines is 1. The zero-order valence-corrected chi connectivity index (χ0v) is 7.63. The van der Waals surface area contributed by atoms with Gasteiger partial charge >= 0.3 is 5.97 Å². The summed E-state index contributed by atoms with van der Waals surface area (Å²) in [5, 5.41) is 8.84. The second kappa shape index (κ2) is 3.53. The Morgan fingerprint density at radius 2 is 2.23 bits per heavy atom. The van der Waals surface area contributed by atoms with Gasteiger partial charge in [0, 0.05) is 0 Å². The van der Waals surface area contributed by atoms with E-state index in [1.165, 1.54) is 19.2 Å². The molecule has 0 aromatic heterocycles. The van der Waals surface area contributed by atoms with Gasteiger partial charge < -0.3 is 15.6 Å². The Kier molecular flexibility index (Phi) is 2.63. The number of nitrogens with two attached hydrogens (primary N) is 1. The second-order valence-electron chi connectivity index (χ2n) is 2.39. The molecule has 0 saturated heterocycles. The van der Waals surface area contributed by atoms with E-state index >= 15 is 0 Å². The number of hydrogen-bond acceptors (Lipinski definition) is 3. The highest BCUT2D eigenvalue weighted by molar-refractivity contribution is 6.32. The molecule has 0 spiro atoms. The first-order chi connectivity index (χ1) is 6.06. The van der Waals surface area contributed by atoms with E-state index in [-0.39, 0.29) is 16.3 Å². The van der Waals surface area contributed by atoms with Crippen molar-refractivity contribution in [2.45, 2.75) is 0 Å². The molecule has 0 atom stereocenters. The fourth-order valence-electron chi connectivity index (χ4n) is 0.954. The molecule has 0 amide bonds. The van der Waals surface area contributed by atoms with E-state index in [2.05, 4.69) is 0 Å². The van der Waals surface area contributed by atoms with Crippen LogP contribution in [0.25, 0.3) is 0 Å². The highest BCUT2D eigenvalue weighted by Gasteiger charge is 2.11. The van der Waals surface area contributed by atoms with Crippen molar-refractivity contribution in [1.82, 2.24) is 0 Å². The molecule has 4 nitrogen and oxygen atoms in total. The molecule has 13 heavy (non-hydrogen) atoms. The number of carbonyl (C=O) groups is 1. The predicted octanol–water partition coefficient (Wildman–Crippen LogP) is 1.63. The van der Waals surface area contributed by atoms with Gasteiger partial charge in [-0.25, -0.2) is 4.79 Å². The molecule has 0 radical (unpaired) electrons. The van der Waals surface area contributed by atoms with Gasteiger partial charge in [0.05, 0.1) is 23.4 Å². The van der Waals surface area contributed by atoms with Gasteiger partial charge in [-0.1, -0.05) is 11.6 Å². The topological polar surface area (TPSA) is 72.5 Å². The molecular formula is C8H8ClNO3. The van der Waals surface area contributed by atoms with Crippen LogP contribution in [0.5, 0.6) is 5.75 Å². The van der Waals surface area contributed by atoms with Crippen LogP contribution in [-0.2, 0) is 0 Å². The maximum Gasteiger partial charge on any atom is 0.335 e. The molecule has 5 heteroatoms. The molecule has 3 N–H and O–H groups in total. The molecule has 0 aliphatic rings. The summed E-state index contributed by atoms with van der Waals surface area (Å²) < 4.78 is 4.86. The first kappa shape index (κ1) is 9.67. The second-order valence-corrected chi connectivity index (χ2v) is 2.79. The molecule has 70 valence electrons. The summed E-state index contributed by atoms with van der Waals surface area (Å²) in [6.07, 6.45) is 0. The van der Waals surface area contributed by atoms with Crippen molar-refractivity contribution in [3.8, 4) is 5.75 Å². The minimum absolute atomic E-state index is 0.0447. The molecular weight excluding hydrogens is 194 g/mol. The lowest BCUT2D eigenvalue weighted by atomic mass is 10.2. The van der Waals surface area contributed by atoms with Gasteiger partial charge in [-0.3, -0.25) is 0 Å². The molecule has 1 aromatic rings. The first-order valence-electron chi connectivity index (χ1n) is 3.42. The highest BCUT2D eigenvalue weighted by Crippen LogP contribution is 2.31. The molecule has 0 unspecified atom stereocenters. The van der Waals surface area contributed by atoms with Crippen molar-refractivity contribution >= 4 is 23.3 Å². The summed E-state index contributed by atoms with van der Waals surface area (Å²) >= 11 is 5.71. The maximum absolute atomic E-state index is 10.5. The van der Waals surface area contributed by atoms with E-state index in [9.17, 15) is 4.79 Å². The molecule has 0 saturated carbocycles. The van der Waals surface area contributed by atoms with Gasteiger partial charge in [0.1, 0.15) is 0 Å². The number of benzene rings is 1. The Morgan fingerprint density at radius 3 is 2.62 bits per heavy atom. The monoisotopic (exact) mass is 201 g/mol. The lowest BCUT2D eigenvalue weighted by molar-refractivity contribution is 0.0697. The Hall–Kier alpha value is -1.42. The third kappa shape index (κ3) is 1.84. The summed E-state index contributed by atoms with van der Waals surface area (Å²) in [7, 11) is 1.41. The largest absolute Gasteiger partial charge is 0.493 e. The average Bonchev–Trinajstić information content (AvgIpc) is 2.03. The number of halogens is 1. The van der Waals surface area contributed by atoms with Crippen molar-refractivity contribution < 1.29 is 14.6 Å². The normalized spacial score (nSPS) is 9.69. The van der Waals surface area contributed by atoms with Crippen molar-refractivity contribution in [3.05, 3.63) is 22.7 Å². The summed E-state index contributed by atoms with van der Waals surface area (Å²) in [5.41, 5.74) is 5.76. The summed E-state index contributed by atoms with van der Waals surface area (Å²) in [6.45, 7) is 0. The van der Waals surface area contributed by atoms with Gasteiger partial charge in [0.25, 0.3) is 0 Å². The number of nitrogen functional groups attached to an aromatic ring is 1. The van der Waals surface area contributed by atoms with Crippen LogP contribution >= 0.6 is 11.6 Å². The Balaban J connectivity index is 3.28.